The van der Waals surface area contributed by atoms with Crippen LogP contribution in [0, 0.1) is 0 Å². The zero-order valence-corrected chi connectivity index (χ0v) is 14.6. The number of halogens is 2. The molecule has 0 spiro atoms. The van der Waals surface area contributed by atoms with Crippen LogP contribution in [0.5, 0.6) is 0 Å². The van der Waals surface area contributed by atoms with Crippen LogP contribution in [0.25, 0.3) is 10.9 Å². The lowest BCUT2D eigenvalue weighted by Gasteiger charge is -2.29. The van der Waals surface area contributed by atoms with Crippen LogP contribution in [0.3, 0.4) is 0 Å². The van der Waals surface area contributed by atoms with Gasteiger partial charge in [0, 0.05) is 26.0 Å². The SMILES string of the molecule is CCC(CO)(CO)NC(=O)c1c[nH]c2cc(Br)c(Br)cc12. The summed E-state index contributed by atoms with van der Waals surface area (Å²) in [7, 11) is 0. The van der Waals surface area contributed by atoms with Gasteiger partial charge in [-0.2, -0.15) is 0 Å². The number of carbonyl (C=O) groups is 1. The number of fused-ring (bicyclic) bond motifs is 1. The van der Waals surface area contributed by atoms with E-state index in [2.05, 4.69) is 42.2 Å². The Labute approximate surface area is 139 Å². The van der Waals surface area contributed by atoms with Crippen molar-refractivity contribution >= 4 is 48.7 Å². The fourth-order valence-electron chi connectivity index (χ4n) is 2.05. The Morgan fingerprint density at radius 1 is 1.29 bits per heavy atom. The number of amides is 1. The second-order valence-corrected chi connectivity index (χ2v) is 6.63. The monoisotopic (exact) mass is 418 g/mol. The number of H-pyrrole nitrogens is 1. The summed E-state index contributed by atoms with van der Waals surface area (Å²) in [5.41, 5.74) is 0.288. The van der Waals surface area contributed by atoms with Gasteiger partial charge in [-0.05, 0) is 50.4 Å². The first-order valence-electron chi connectivity index (χ1n) is 6.46. The zero-order valence-electron chi connectivity index (χ0n) is 11.4. The fourth-order valence-corrected chi connectivity index (χ4v) is 2.74. The summed E-state index contributed by atoms with van der Waals surface area (Å²) in [6, 6.07) is 3.72. The minimum Gasteiger partial charge on any atom is -0.394 e. The van der Waals surface area contributed by atoms with Gasteiger partial charge < -0.3 is 20.5 Å². The van der Waals surface area contributed by atoms with Gasteiger partial charge in [-0.1, -0.05) is 6.92 Å². The minimum atomic E-state index is -1.01. The Hall–Kier alpha value is -0.890. The van der Waals surface area contributed by atoms with Crippen molar-refractivity contribution in [3.05, 3.63) is 32.8 Å². The van der Waals surface area contributed by atoms with E-state index in [1.54, 1.807) is 13.1 Å². The van der Waals surface area contributed by atoms with E-state index in [1.807, 2.05) is 12.1 Å². The van der Waals surface area contributed by atoms with E-state index in [9.17, 15) is 15.0 Å². The topological polar surface area (TPSA) is 85.3 Å². The molecular formula is C14H16Br2N2O3. The Morgan fingerprint density at radius 2 is 1.90 bits per heavy atom. The van der Waals surface area contributed by atoms with Gasteiger partial charge >= 0.3 is 0 Å². The molecule has 0 aliphatic rings. The number of aromatic amines is 1. The molecule has 4 N–H and O–H groups in total. The molecule has 0 aliphatic carbocycles. The van der Waals surface area contributed by atoms with Crippen LogP contribution in [0.15, 0.2) is 27.3 Å². The first-order chi connectivity index (χ1) is 9.96. The number of nitrogens with one attached hydrogen (secondary N) is 2. The number of hydrogen-bond donors (Lipinski definition) is 4. The van der Waals surface area contributed by atoms with E-state index in [0.717, 1.165) is 19.8 Å². The molecule has 1 amide bonds. The van der Waals surface area contributed by atoms with Crippen LogP contribution >= 0.6 is 31.9 Å². The summed E-state index contributed by atoms with van der Waals surface area (Å²) in [6.45, 7) is 1.17. The van der Waals surface area contributed by atoms with Crippen molar-refractivity contribution in [3.8, 4) is 0 Å². The molecule has 0 saturated carbocycles. The lowest BCUT2D eigenvalue weighted by molar-refractivity contribution is 0.0654. The van der Waals surface area contributed by atoms with Crippen molar-refractivity contribution in [3.63, 3.8) is 0 Å². The molecule has 1 aromatic heterocycles. The predicted octanol–water partition coefficient (Wildman–Crippen LogP) is 2.56. The molecule has 114 valence electrons. The van der Waals surface area contributed by atoms with Crippen molar-refractivity contribution in [1.29, 1.82) is 0 Å². The highest BCUT2D eigenvalue weighted by atomic mass is 79.9. The Kier molecular flexibility index (Phi) is 5.08. The smallest absolute Gasteiger partial charge is 0.254 e. The molecule has 2 aromatic rings. The zero-order chi connectivity index (χ0) is 15.6. The maximum Gasteiger partial charge on any atom is 0.254 e. The number of benzene rings is 1. The largest absolute Gasteiger partial charge is 0.394 e. The lowest BCUT2D eigenvalue weighted by Crippen LogP contribution is -2.53. The molecule has 0 bridgehead atoms. The molecule has 21 heavy (non-hydrogen) atoms. The van der Waals surface area contributed by atoms with Crippen LogP contribution in [0.4, 0.5) is 0 Å². The van der Waals surface area contributed by atoms with Gasteiger partial charge in [0.05, 0.1) is 24.3 Å². The number of aliphatic hydroxyl groups is 2. The second kappa shape index (κ2) is 6.48. The van der Waals surface area contributed by atoms with E-state index >= 15 is 0 Å². The summed E-state index contributed by atoms with van der Waals surface area (Å²) >= 11 is 6.83. The summed E-state index contributed by atoms with van der Waals surface area (Å²) in [5, 5.41) is 22.3. The van der Waals surface area contributed by atoms with Crippen molar-refractivity contribution in [2.24, 2.45) is 0 Å². The number of carbonyl (C=O) groups excluding carboxylic acids is 1. The van der Waals surface area contributed by atoms with Crippen LogP contribution < -0.4 is 5.32 Å². The van der Waals surface area contributed by atoms with E-state index in [0.29, 0.717) is 12.0 Å². The maximum atomic E-state index is 12.4. The molecule has 0 unspecified atom stereocenters. The summed E-state index contributed by atoms with van der Waals surface area (Å²) < 4.78 is 1.73. The second-order valence-electron chi connectivity index (χ2n) is 4.92. The third kappa shape index (κ3) is 3.15. The molecule has 0 fully saturated rings. The number of aliphatic hydroxyl groups excluding tert-OH is 2. The van der Waals surface area contributed by atoms with Crippen LogP contribution in [-0.2, 0) is 0 Å². The van der Waals surface area contributed by atoms with Gasteiger partial charge in [0.25, 0.3) is 5.91 Å². The van der Waals surface area contributed by atoms with Gasteiger partial charge in [0.1, 0.15) is 0 Å². The van der Waals surface area contributed by atoms with E-state index in [1.165, 1.54) is 0 Å². The molecule has 2 rings (SSSR count). The van der Waals surface area contributed by atoms with E-state index < -0.39 is 5.54 Å². The highest BCUT2D eigenvalue weighted by molar-refractivity contribution is 9.13. The molecule has 1 heterocycles. The molecule has 5 nitrogen and oxygen atoms in total. The average molecular weight is 420 g/mol. The number of aromatic nitrogens is 1. The Bertz CT molecular complexity index is 657. The number of hydrogen-bond acceptors (Lipinski definition) is 3. The lowest BCUT2D eigenvalue weighted by atomic mass is 9.97. The standard InChI is InChI=1S/C14H16Br2N2O3/c1-2-14(6-19,7-20)18-13(21)9-5-17-12-4-11(16)10(15)3-8(9)12/h3-5,17,19-20H,2,6-7H2,1H3,(H,18,21). The summed E-state index contributed by atoms with van der Waals surface area (Å²) in [4.78, 5) is 15.5. The molecule has 0 radical (unpaired) electrons. The normalized spacial score (nSPS) is 11.9. The fraction of sp³-hybridized carbons (Fsp3) is 0.357. The molecule has 1 aromatic carbocycles. The van der Waals surface area contributed by atoms with Crippen molar-refractivity contribution in [2.45, 2.75) is 18.9 Å². The van der Waals surface area contributed by atoms with Crippen molar-refractivity contribution in [2.75, 3.05) is 13.2 Å². The van der Waals surface area contributed by atoms with Crippen LogP contribution in [0.2, 0.25) is 0 Å². The average Bonchev–Trinajstić information content (AvgIpc) is 2.88. The van der Waals surface area contributed by atoms with Gasteiger partial charge in [0.15, 0.2) is 0 Å². The van der Waals surface area contributed by atoms with E-state index in [4.69, 9.17) is 0 Å². The van der Waals surface area contributed by atoms with E-state index in [-0.39, 0.29) is 19.1 Å². The molecular weight excluding hydrogens is 404 g/mol. The van der Waals surface area contributed by atoms with Crippen molar-refractivity contribution < 1.29 is 15.0 Å². The van der Waals surface area contributed by atoms with Gasteiger partial charge in [-0.25, -0.2) is 0 Å². The van der Waals surface area contributed by atoms with Crippen molar-refractivity contribution in [1.82, 2.24) is 10.3 Å². The van der Waals surface area contributed by atoms with Crippen LogP contribution in [-0.4, -0.2) is 39.9 Å². The molecule has 0 atom stereocenters. The highest BCUT2D eigenvalue weighted by Crippen LogP contribution is 2.30. The predicted molar refractivity (Wildman–Crippen MR) is 88.4 cm³/mol. The van der Waals surface area contributed by atoms with Gasteiger partial charge in [-0.15, -0.1) is 0 Å². The van der Waals surface area contributed by atoms with Gasteiger partial charge in [0.2, 0.25) is 0 Å². The maximum absolute atomic E-state index is 12.4. The first kappa shape index (κ1) is 16.5. The first-order valence-corrected chi connectivity index (χ1v) is 8.05. The summed E-state index contributed by atoms with van der Waals surface area (Å²) in [6.07, 6.45) is 2.05. The quantitative estimate of drug-likeness (QED) is 0.600. The third-order valence-electron chi connectivity index (χ3n) is 3.63. The Balaban J connectivity index is 2.38. The summed E-state index contributed by atoms with van der Waals surface area (Å²) in [5.74, 6) is -0.333. The number of rotatable bonds is 5. The van der Waals surface area contributed by atoms with Crippen LogP contribution in [0.1, 0.15) is 23.7 Å². The molecule has 0 saturated heterocycles. The molecule has 7 heteroatoms. The van der Waals surface area contributed by atoms with Gasteiger partial charge in [-0.3, -0.25) is 4.79 Å². The molecule has 0 aliphatic heterocycles. The highest BCUT2D eigenvalue weighted by Gasteiger charge is 2.29. The minimum absolute atomic E-state index is 0.316. The Morgan fingerprint density at radius 3 is 2.48 bits per heavy atom. The third-order valence-corrected chi connectivity index (χ3v) is 5.47.